The summed E-state index contributed by atoms with van der Waals surface area (Å²) in [6.07, 6.45) is 1.48. The Kier molecular flexibility index (Phi) is 4.79. The molecule has 0 amide bonds. The molecule has 0 aliphatic heterocycles. The second-order valence-corrected chi connectivity index (χ2v) is 4.15. The van der Waals surface area contributed by atoms with Gasteiger partial charge in [0.05, 0.1) is 11.4 Å². The molecule has 0 unspecified atom stereocenters. The van der Waals surface area contributed by atoms with Crippen molar-refractivity contribution in [2.45, 2.75) is 40.5 Å². The lowest BCUT2D eigenvalue weighted by Gasteiger charge is -2.09. The van der Waals surface area contributed by atoms with Crippen molar-refractivity contribution in [1.29, 1.82) is 10.8 Å². The van der Waals surface area contributed by atoms with Crippen molar-refractivity contribution in [2.24, 2.45) is 11.8 Å². The summed E-state index contributed by atoms with van der Waals surface area (Å²) in [5.41, 5.74) is 1.03. The molecule has 0 spiro atoms. The van der Waals surface area contributed by atoms with Gasteiger partial charge in [0, 0.05) is 0 Å². The Balaban J connectivity index is 3.86. The van der Waals surface area contributed by atoms with Crippen LogP contribution in [0.1, 0.15) is 40.5 Å². The molecule has 2 heteroatoms. The molecular formula is C10H20N2. The van der Waals surface area contributed by atoms with Crippen molar-refractivity contribution in [3.63, 3.8) is 0 Å². The van der Waals surface area contributed by atoms with Crippen LogP contribution in [-0.2, 0) is 0 Å². The van der Waals surface area contributed by atoms with Gasteiger partial charge in [0.2, 0.25) is 0 Å². The van der Waals surface area contributed by atoms with Crippen LogP contribution >= 0.6 is 0 Å². The van der Waals surface area contributed by atoms with Crippen LogP contribution in [0.3, 0.4) is 0 Å². The molecule has 0 aromatic heterocycles. The highest BCUT2D eigenvalue weighted by Crippen LogP contribution is 2.06. The quantitative estimate of drug-likeness (QED) is 0.593. The van der Waals surface area contributed by atoms with E-state index in [0.29, 0.717) is 23.3 Å². The van der Waals surface area contributed by atoms with E-state index in [-0.39, 0.29) is 0 Å². The molecule has 0 rings (SSSR count). The fourth-order valence-electron chi connectivity index (χ4n) is 1.06. The van der Waals surface area contributed by atoms with Gasteiger partial charge >= 0.3 is 0 Å². The van der Waals surface area contributed by atoms with Gasteiger partial charge in [-0.3, -0.25) is 0 Å². The zero-order chi connectivity index (χ0) is 9.72. The lowest BCUT2D eigenvalue weighted by atomic mass is 9.97. The van der Waals surface area contributed by atoms with Gasteiger partial charge in [-0.2, -0.15) is 0 Å². The van der Waals surface area contributed by atoms with E-state index in [1.54, 1.807) is 0 Å². The summed E-state index contributed by atoms with van der Waals surface area (Å²) in [6.45, 7) is 8.32. The van der Waals surface area contributed by atoms with E-state index in [0.717, 1.165) is 12.8 Å². The topological polar surface area (TPSA) is 47.7 Å². The summed E-state index contributed by atoms with van der Waals surface area (Å²) in [5, 5.41) is 15.2. The normalized spacial score (nSPS) is 10.8. The minimum atomic E-state index is 0.491. The zero-order valence-electron chi connectivity index (χ0n) is 8.57. The van der Waals surface area contributed by atoms with Crippen molar-refractivity contribution in [3.8, 4) is 0 Å². The molecule has 12 heavy (non-hydrogen) atoms. The Morgan fingerprint density at radius 2 is 1.08 bits per heavy atom. The molecule has 2 nitrogen and oxygen atoms in total. The number of nitrogens with one attached hydrogen (secondary N) is 2. The van der Waals surface area contributed by atoms with Gasteiger partial charge in [-0.1, -0.05) is 27.7 Å². The van der Waals surface area contributed by atoms with Gasteiger partial charge in [0.15, 0.2) is 0 Å². The Hall–Kier alpha value is -0.660. The largest absolute Gasteiger partial charge is 0.303 e. The van der Waals surface area contributed by atoms with Gasteiger partial charge in [0.25, 0.3) is 0 Å². The molecule has 0 aromatic carbocycles. The molecule has 70 valence electrons. The van der Waals surface area contributed by atoms with Crippen LogP contribution in [0.15, 0.2) is 0 Å². The highest BCUT2D eigenvalue weighted by Gasteiger charge is 2.08. The van der Waals surface area contributed by atoms with Crippen LogP contribution in [0.25, 0.3) is 0 Å². The van der Waals surface area contributed by atoms with Gasteiger partial charge in [-0.05, 0) is 24.7 Å². The Bertz CT molecular complexity index is 149. The van der Waals surface area contributed by atoms with Crippen molar-refractivity contribution in [2.75, 3.05) is 0 Å². The van der Waals surface area contributed by atoms with E-state index in [9.17, 15) is 0 Å². The maximum absolute atomic E-state index is 7.59. The summed E-state index contributed by atoms with van der Waals surface area (Å²) in [5.74, 6) is 0.982. The second-order valence-electron chi connectivity index (χ2n) is 4.15. The fraction of sp³-hybridized carbons (Fsp3) is 0.800. The van der Waals surface area contributed by atoms with Gasteiger partial charge < -0.3 is 10.8 Å². The monoisotopic (exact) mass is 168 g/mol. The van der Waals surface area contributed by atoms with Gasteiger partial charge in [-0.15, -0.1) is 0 Å². The van der Waals surface area contributed by atoms with Gasteiger partial charge in [0.1, 0.15) is 0 Å². The standard InChI is InChI=1S/C10H20N2/c1-7(2)5-9(11)10(12)6-8(3)4/h7-8,11-12H,5-6H2,1-4H3. The van der Waals surface area contributed by atoms with Crippen LogP contribution in [0.5, 0.6) is 0 Å². The Morgan fingerprint density at radius 3 is 1.25 bits per heavy atom. The highest BCUT2D eigenvalue weighted by atomic mass is 14.5. The van der Waals surface area contributed by atoms with Crippen LogP contribution in [0.4, 0.5) is 0 Å². The fourth-order valence-corrected chi connectivity index (χ4v) is 1.06. The van der Waals surface area contributed by atoms with Gasteiger partial charge in [-0.25, -0.2) is 0 Å². The molecule has 0 aromatic rings. The summed E-state index contributed by atoms with van der Waals surface area (Å²) in [6, 6.07) is 0. The first-order valence-electron chi connectivity index (χ1n) is 4.58. The molecule has 0 aliphatic rings. The summed E-state index contributed by atoms with van der Waals surface area (Å²) < 4.78 is 0. The van der Waals surface area contributed by atoms with E-state index < -0.39 is 0 Å². The molecule has 0 bridgehead atoms. The molecule has 0 aliphatic carbocycles. The van der Waals surface area contributed by atoms with Crippen LogP contribution < -0.4 is 0 Å². The molecular weight excluding hydrogens is 148 g/mol. The van der Waals surface area contributed by atoms with Crippen molar-refractivity contribution >= 4 is 11.4 Å². The molecule has 2 N–H and O–H groups in total. The summed E-state index contributed by atoms with van der Waals surface area (Å²) >= 11 is 0. The third-order valence-corrected chi connectivity index (χ3v) is 1.59. The first kappa shape index (κ1) is 11.3. The Morgan fingerprint density at radius 1 is 0.833 bits per heavy atom. The average molecular weight is 168 g/mol. The minimum absolute atomic E-state index is 0.491. The first-order chi connectivity index (χ1) is 5.43. The first-order valence-corrected chi connectivity index (χ1v) is 4.58. The molecule has 0 heterocycles. The van der Waals surface area contributed by atoms with E-state index in [2.05, 4.69) is 27.7 Å². The van der Waals surface area contributed by atoms with Crippen molar-refractivity contribution in [1.82, 2.24) is 0 Å². The number of hydrogen-bond donors (Lipinski definition) is 2. The predicted molar refractivity (Wildman–Crippen MR) is 54.4 cm³/mol. The highest BCUT2D eigenvalue weighted by molar-refractivity contribution is 6.39. The third kappa shape index (κ3) is 5.05. The number of rotatable bonds is 5. The Labute approximate surface area is 75.4 Å². The minimum Gasteiger partial charge on any atom is -0.303 e. The summed E-state index contributed by atoms with van der Waals surface area (Å²) in [4.78, 5) is 0. The lowest BCUT2D eigenvalue weighted by Crippen LogP contribution is -2.16. The molecule has 0 radical (unpaired) electrons. The SMILES string of the molecule is CC(C)CC(=N)C(=N)CC(C)C. The van der Waals surface area contributed by atoms with E-state index in [4.69, 9.17) is 10.8 Å². The van der Waals surface area contributed by atoms with E-state index in [1.165, 1.54) is 0 Å². The van der Waals surface area contributed by atoms with Crippen LogP contribution in [0.2, 0.25) is 0 Å². The zero-order valence-corrected chi connectivity index (χ0v) is 8.57. The maximum Gasteiger partial charge on any atom is 0.0523 e. The predicted octanol–water partition coefficient (Wildman–Crippen LogP) is 3.12. The van der Waals surface area contributed by atoms with Crippen molar-refractivity contribution < 1.29 is 0 Å². The van der Waals surface area contributed by atoms with E-state index >= 15 is 0 Å². The summed E-state index contributed by atoms with van der Waals surface area (Å²) in [7, 11) is 0. The van der Waals surface area contributed by atoms with Crippen LogP contribution in [0, 0.1) is 22.7 Å². The smallest absolute Gasteiger partial charge is 0.0523 e. The van der Waals surface area contributed by atoms with Crippen molar-refractivity contribution in [3.05, 3.63) is 0 Å². The third-order valence-electron chi connectivity index (χ3n) is 1.59. The number of hydrogen-bond acceptors (Lipinski definition) is 2. The maximum atomic E-state index is 7.59. The lowest BCUT2D eigenvalue weighted by molar-refractivity contribution is 0.670. The molecule has 0 atom stereocenters. The molecule has 0 saturated carbocycles. The molecule has 0 fully saturated rings. The van der Waals surface area contributed by atoms with Crippen LogP contribution in [-0.4, -0.2) is 11.4 Å². The second kappa shape index (κ2) is 5.07. The average Bonchev–Trinajstić information content (AvgIpc) is 1.84. The molecule has 0 saturated heterocycles. The van der Waals surface area contributed by atoms with E-state index in [1.807, 2.05) is 0 Å².